The highest BCUT2D eigenvalue weighted by Crippen LogP contribution is 2.54. The normalized spacial score (nSPS) is 46.4. The molecular formula is C10H10O3. The predicted molar refractivity (Wildman–Crippen MR) is 43.4 cm³/mol. The lowest BCUT2D eigenvalue weighted by molar-refractivity contribution is -0.154. The summed E-state index contributed by atoms with van der Waals surface area (Å²) in [7, 11) is 0. The Kier molecular flexibility index (Phi) is 1.14. The van der Waals surface area contributed by atoms with Crippen LogP contribution in [0.4, 0.5) is 0 Å². The first-order chi connectivity index (χ1) is 6.18. The maximum absolute atomic E-state index is 11.3. The second-order valence-electron chi connectivity index (χ2n) is 4.21. The van der Waals surface area contributed by atoms with Gasteiger partial charge in [-0.1, -0.05) is 11.6 Å². The van der Waals surface area contributed by atoms with Crippen LogP contribution in [-0.2, 0) is 14.3 Å². The highest BCUT2D eigenvalue weighted by Gasteiger charge is 2.59. The van der Waals surface area contributed by atoms with Crippen LogP contribution in [0.15, 0.2) is 11.6 Å². The molecule has 0 spiro atoms. The van der Waals surface area contributed by atoms with Crippen molar-refractivity contribution < 1.29 is 14.3 Å². The van der Waals surface area contributed by atoms with Crippen LogP contribution in [0.5, 0.6) is 0 Å². The van der Waals surface area contributed by atoms with E-state index in [0.29, 0.717) is 0 Å². The minimum Gasteiger partial charge on any atom is -0.393 e. The van der Waals surface area contributed by atoms with Crippen molar-refractivity contribution >= 4 is 11.9 Å². The van der Waals surface area contributed by atoms with Crippen molar-refractivity contribution in [2.45, 2.75) is 13.3 Å². The van der Waals surface area contributed by atoms with Gasteiger partial charge in [0.25, 0.3) is 0 Å². The van der Waals surface area contributed by atoms with Gasteiger partial charge in [-0.25, -0.2) is 0 Å². The van der Waals surface area contributed by atoms with E-state index >= 15 is 0 Å². The van der Waals surface area contributed by atoms with Crippen molar-refractivity contribution in [2.24, 2.45) is 23.7 Å². The van der Waals surface area contributed by atoms with Gasteiger partial charge in [0.2, 0.25) is 0 Å². The quantitative estimate of drug-likeness (QED) is 0.314. The van der Waals surface area contributed by atoms with E-state index in [1.165, 1.54) is 5.57 Å². The molecule has 1 aliphatic heterocycles. The maximum Gasteiger partial charge on any atom is 0.318 e. The third-order valence-electron chi connectivity index (χ3n) is 3.62. The van der Waals surface area contributed by atoms with Gasteiger partial charge in [0.05, 0.1) is 11.8 Å². The number of rotatable bonds is 0. The summed E-state index contributed by atoms with van der Waals surface area (Å²) in [4.78, 5) is 22.6. The van der Waals surface area contributed by atoms with E-state index in [9.17, 15) is 9.59 Å². The van der Waals surface area contributed by atoms with Crippen LogP contribution < -0.4 is 0 Å². The Hall–Kier alpha value is -1.12. The van der Waals surface area contributed by atoms with Crippen LogP contribution in [0, 0.1) is 23.7 Å². The molecule has 2 aliphatic carbocycles. The molecule has 1 saturated carbocycles. The second kappa shape index (κ2) is 2.03. The molecule has 0 radical (unpaired) electrons. The van der Waals surface area contributed by atoms with E-state index < -0.39 is 0 Å². The van der Waals surface area contributed by atoms with Gasteiger partial charge in [-0.3, -0.25) is 9.59 Å². The fourth-order valence-corrected chi connectivity index (χ4v) is 3.07. The van der Waals surface area contributed by atoms with Crippen LogP contribution >= 0.6 is 0 Å². The number of ether oxygens (including phenoxy) is 1. The molecule has 3 nitrogen and oxygen atoms in total. The first-order valence-electron chi connectivity index (χ1n) is 4.62. The van der Waals surface area contributed by atoms with Gasteiger partial charge in [-0.05, 0) is 25.2 Å². The van der Waals surface area contributed by atoms with E-state index in [1.54, 1.807) is 0 Å². The largest absolute Gasteiger partial charge is 0.393 e. The molecule has 0 aromatic carbocycles. The molecule has 2 fully saturated rings. The molecule has 0 N–H and O–H groups in total. The molecule has 68 valence electrons. The molecule has 2 bridgehead atoms. The summed E-state index contributed by atoms with van der Waals surface area (Å²) < 4.78 is 4.65. The van der Waals surface area contributed by atoms with Crippen LogP contribution in [0.25, 0.3) is 0 Å². The number of hydrogen-bond acceptors (Lipinski definition) is 3. The topological polar surface area (TPSA) is 43.4 Å². The summed E-state index contributed by atoms with van der Waals surface area (Å²) >= 11 is 0. The molecule has 0 unspecified atom stereocenters. The second-order valence-corrected chi connectivity index (χ2v) is 4.21. The zero-order valence-corrected chi connectivity index (χ0v) is 7.32. The average molecular weight is 178 g/mol. The molecule has 0 aromatic rings. The van der Waals surface area contributed by atoms with Crippen molar-refractivity contribution in [3.05, 3.63) is 11.6 Å². The summed E-state index contributed by atoms with van der Waals surface area (Å²) in [6.07, 6.45) is 3.10. The van der Waals surface area contributed by atoms with Crippen LogP contribution in [0.1, 0.15) is 13.3 Å². The number of fused-ring (bicyclic) bond motifs is 5. The number of cyclic esters (lactones) is 2. The Morgan fingerprint density at radius 2 is 2.00 bits per heavy atom. The Labute approximate surface area is 75.8 Å². The molecule has 3 heteroatoms. The predicted octanol–water partition coefficient (Wildman–Crippen LogP) is 0.898. The molecule has 0 amide bonds. The Morgan fingerprint density at radius 3 is 2.77 bits per heavy atom. The Bertz CT molecular complexity index is 342. The van der Waals surface area contributed by atoms with Crippen molar-refractivity contribution in [3.8, 4) is 0 Å². The summed E-state index contributed by atoms with van der Waals surface area (Å²) in [6, 6.07) is 0. The average Bonchev–Trinajstić information content (AvgIpc) is 2.64. The van der Waals surface area contributed by atoms with Crippen molar-refractivity contribution in [1.82, 2.24) is 0 Å². The summed E-state index contributed by atoms with van der Waals surface area (Å²) in [5.41, 5.74) is 1.26. The minimum absolute atomic E-state index is 0.150. The molecule has 3 aliphatic rings. The number of hydrogen-bond donors (Lipinski definition) is 0. The number of carbonyl (C=O) groups excluding carboxylic acids is 2. The number of carbonyl (C=O) groups is 2. The van der Waals surface area contributed by atoms with Gasteiger partial charge in [-0.2, -0.15) is 0 Å². The lowest BCUT2D eigenvalue weighted by atomic mass is 9.82. The Balaban J connectivity index is 2.08. The fraction of sp³-hybridized carbons (Fsp3) is 0.600. The van der Waals surface area contributed by atoms with Gasteiger partial charge in [-0.15, -0.1) is 0 Å². The number of allylic oxidation sites excluding steroid dienone is 2. The fourth-order valence-electron chi connectivity index (χ4n) is 3.07. The summed E-state index contributed by atoms with van der Waals surface area (Å²) in [5.74, 6) is -0.340. The first kappa shape index (κ1) is 7.30. The molecule has 13 heavy (non-hydrogen) atoms. The minimum atomic E-state index is -0.300. The SMILES string of the molecule is CC1=C[C@H]2C[C@H]1[C@H]1C(=O)OC(=O)[C@H]12. The lowest BCUT2D eigenvalue weighted by Crippen LogP contribution is -2.23. The summed E-state index contributed by atoms with van der Waals surface area (Å²) in [6.45, 7) is 2.04. The monoisotopic (exact) mass is 178 g/mol. The lowest BCUT2D eigenvalue weighted by Gasteiger charge is -2.17. The number of esters is 2. The van der Waals surface area contributed by atoms with Crippen LogP contribution in [0.2, 0.25) is 0 Å². The molecule has 3 rings (SSSR count). The highest BCUT2D eigenvalue weighted by atomic mass is 16.6. The van der Waals surface area contributed by atoms with E-state index in [0.717, 1.165) is 6.42 Å². The van der Waals surface area contributed by atoms with E-state index in [1.807, 2.05) is 6.92 Å². The summed E-state index contributed by atoms with van der Waals surface area (Å²) in [5, 5.41) is 0. The molecule has 4 atom stereocenters. The van der Waals surface area contributed by atoms with Gasteiger partial charge >= 0.3 is 11.9 Å². The van der Waals surface area contributed by atoms with Gasteiger partial charge in [0.15, 0.2) is 0 Å². The van der Waals surface area contributed by atoms with Gasteiger partial charge in [0, 0.05) is 0 Å². The molecular weight excluding hydrogens is 168 g/mol. The molecule has 0 aromatic heterocycles. The van der Waals surface area contributed by atoms with Crippen molar-refractivity contribution in [3.63, 3.8) is 0 Å². The zero-order chi connectivity index (χ0) is 9.16. The third-order valence-corrected chi connectivity index (χ3v) is 3.62. The molecule has 1 heterocycles. The van der Waals surface area contributed by atoms with Gasteiger partial charge in [0.1, 0.15) is 0 Å². The Morgan fingerprint density at radius 1 is 1.31 bits per heavy atom. The third kappa shape index (κ3) is 0.705. The van der Waals surface area contributed by atoms with E-state index in [-0.39, 0.29) is 35.6 Å². The van der Waals surface area contributed by atoms with Crippen molar-refractivity contribution in [1.29, 1.82) is 0 Å². The van der Waals surface area contributed by atoms with E-state index in [2.05, 4.69) is 10.8 Å². The maximum atomic E-state index is 11.3. The molecule has 1 saturated heterocycles. The van der Waals surface area contributed by atoms with Gasteiger partial charge < -0.3 is 4.74 Å². The highest BCUT2D eigenvalue weighted by molar-refractivity contribution is 5.98. The van der Waals surface area contributed by atoms with Crippen molar-refractivity contribution in [2.75, 3.05) is 0 Å². The zero-order valence-electron chi connectivity index (χ0n) is 7.32. The van der Waals surface area contributed by atoms with Crippen LogP contribution in [0.3, 0.4) is 0 Å². The first-order valence-corrected chi connectivity index (χ1v) is 4.62. The standard InChI is InChI=1S/C10H10O3/c1-4-2-5-3-6(4)8-7(5)9(11)13-10(8)12/h2,5-8H,3H2,1H3/t5-,6+,7-,8+/m0/s1. The van der Waals surface area contributed by atoms with E-state index in [4.69, 9.17) is 0 Å². The van der Waals surface area contributed by atoms with Crippen LogP contribution in [-0.4, -0.2) is 11.9 Å². The smallest absolute Gasteiger partial charge is 0.318 e.